The Morgan fingerprint density at radius 1 is 1.39 bits per heavy atom. The van der Waals surface area contributed by atoms with Crippen LogP contribution in [0.4, 0.5) is 10.6 Å². The first-order valence-electron chi connectivity index (χ1n) is 7.49. The fourth-order valence-corrected chi connectivity index (χ4v) is 3.76. The third-order valence-corrected chi connectivity index (χ3v) is 4.99. The van der Waals surface area contributed by atoms with Gasteiger partial charge >= 0.3 is 6.03 Å². The van der Waals surface area contributed by atoms with E-state index < -0.39 is 0 Å². The van der Waals surface area contributed by atoms with Gasteiger partial charge in [-0.15, -0.1) is 10.2 Å². The maximum atomic E-state index is 11.9. The van der Waals surface area contributed by atoms with Crippen LogP contribution in [0.2, 0.25) is 0 Å². The molecule has 7 nitrogen and oxygen atoms in total. The van der Waals surface area contributed by atoms with Gasteiger partial charge in [0, 0.05) is 24.4 Å². The van der Waals surface area contributed by atoms with Crippen molar-refractivity contribution in [3.63, 3.8) is 0 Å². The second-order valence-electron chi connectivity index (χ2n) is 5.38. The second kappa shape index (κ2) is 8.30. The zero-order chi connectivity index (χ0) is 16.8. The number of rotatable bonds is 7. The molecule has 0 radical (unpaired) electrons. The van der Waals surface area contributed by atoms with Crippen molar-refractivity contribution in [1.82, 2.24) is 25.3 Å². The molecule has 2 rings (SSSR count). The number of hydrogen-bond acceptors (Lipinski definition) is 6. The van der Waals surface area contributed by atoms with Crippen molar-refractivity contribution in [2.24, 2.45) is 0 Å². The lowest BCUT2D eigenvalue weighted by atomic mass is 10.4. The minimum absolute atomic E-state index is 0.200. The van der Waals surface area contributed by atoms with Crippen LogP contribution in [0.25, 0.3) is 0 Å². The molecule has 126 valence electrons. The van der Waals surface area contributed by atoms with Gasteiger partial charge in [0.25, 0.3) is 0 Å². The molecule has 2 aromatic rings. The van der Waals surface area contributed by atoms with E-state index in [2.05, 4.69) is 25.9 Å². The summed E-state index contributed by atoms with van der Waals surface area (Å²) in [6.07, 6.45) is 0.874. The monoisotopic (exact) mass is 354 g/mol. The van der Waals surface area contributed by atoms with Gasteiger partial charge in [-0.05, 0) is 34.1 Å². The standard InChI is InChI=1S/C14H22N6OS2/c1-9(2)20-12(8-10(3)19-20)16-13(21)15-6-5-7-22-14-18-17-11(4)23-14/h8-9H,5-7H2,1-4H3,(H2,15,16,21). The van der Waals surface area contributed by atoms with Gasteiger partial charge < -0.3 is 5.32 Å². The van der Waals surface area contributed by atoms with Gasteiger partial charge in [0.05, 0.1) is 5.69 Å². The lowest BCUT2D eigenvalue weighted by Gasteiger charge is -2.12. The molecule has 0 fully saturated rings. The predicted octanol–water partition coefficient (Wildman–Crippen LogP) is 3.24. The average molecular weight is 355 g/mol. The maximum absolute atomic E-state index is 11.9. The van der Waals surface area contributed by atoms with Gasteiger partial charge in [-0.2, -0.15) is 5.10 Å². The molecule has 0 unspecified atom stereocenters. The van der Waals surface area contributed by atoms with Gasteiger partial charge in [-0.1, -0.05) is 23.1 Å². The van der Waals surface area contributed by atoms with Gasteiger partial charge in [-0.25, -0.2) is 9.48 Å². The molecule has 9 heteroatoms. The molecule has 0 saturated carbocycles. The molecule has 0 aliphatic carbocycles. The lowest BCUT2D eigenvalue weighted by molar-refractivity contribution is 0.252. The van der Waals surface area contributed by atoms with Crippen molar-refractivity contribution in [3.8, 4) is 0 Å². The van der Waals surface area contributed by atoms with Crippen molar-refractivity contribution in [1.29, 1.82) is 0 Å². The van der Waals surface area contributed by atoms with E-state index in [9.17, 15) is 4.79 Å². The highest BCUT2D eigenvalue weighted by molar-refractivity contribution is 8.01. The topological polar surface area (TPSA) is 84.7 Å². The van der Waals surface area contributed by atoms with E-state index in [1.54, 1.807) is 23.1 Å². The van der Waals surface area contributed by atoms with Crippen molar-refractivity contribution < 1.29 is 4.79 Å². The molecule has 2 heterocycles. The highest BCUT2D eigenvalue weighted by Gasteiger charge is 2.11. The maximum Gasteiger partial charge on any atom is 0.320 e. The third kappa shape index (κ3) is 5.51. The van der Waals surface area contributed by atoms with Crippen LogP contribution in [0.3, 0.4) is 0 Å². The Labute approximate surface area is 144 Å². The number of urea groups is 1. The van der Waals surface area contributed by atoms with Crippen LogP contribution >= 0.6 is 23.1 Å². The number of hydrogen-bond donors (Lipinski definition) is 2. The second-order valence-corrected chi connectivity index (χ2v) is 7.90. The minimum Gasteiger partial charge on any atom is -0.338 e. The Morgan fingerprint density at radius 3 is 2.83 bits per heavy atom. The number of aromatic nitrogens is 4. The number of nitrogens with zero attached hydrogens (tertiary/aromatic N) is 4. The Bertz CT molecular complexity index is 651. The van der Waals surface area contributed by atoms with Gasteiger partial charge in [-0.3, -0.25) is 5.32 Å². The molecule has 0 aliphatic rings. The molecule has 0 aliphatic heterocycles. The van der Waals surface area contributed by atoms with Gasteiger partial charge in [0.1, 0.15) is 10.8 Å². The van der Waals surface area contributed by atoms with E-state index in [-0.39, 0.29) is 12.1 Å². The molecule has 0 saturated heterocycles. The van der Waals surface area contributed by atoms with Crippen LogP contribution in [0, 0.1) is 13.8 Å². The first-order valence-corrected chi connectivity index (χ1v) is 9.30. The number of carbonyl (C=O) groups is 1. The average Bonchev–Trinajstić information content (AvgIpc) is 3.04. The van der Waals surface area contributed by atoms with Gasteiger partial charge in [0.2, 0.25) is 0 Å². The van der Waals surface area contributed by atoms with Crippen LogP contribution < -0.4 is 10.6 Å². The van der Waals surface area contributed by atoms with Crippen LogP contribution in [-0.2, 0) is 0 Å². The smallest absolute Gasteiger partial charge is 0.320 e. The van der Waals surface area contributed by atoms with Gasteiger partial charge in [0.15, 0.2) is 4.34 Å². The summed E-state index contributed by atoms with van der Waals surface area (Å²) in [6, 6.07) is 1.86. The van der Waals surface area contributed by atoms with E-state index in [0.717, 1.165) is 27.2 Å². The number of nitrogens with one attached hydrogen (secondary N) is 2. The van der Waals surface area contributed by atoms with E-state index >= 15 is 0 Å². The van der Waals surface area contributed by atoms with E-state index in [1.807, 2.05) is 38.4 Å². The largest absolute Gasteiger partial charge is 0.338 e. The third-order valence-electron chi connectivity index (χ3n) is 2.93. The zero-order valence-corrected chi connectivity index (χ0v) is 15.4. The highest BCUT2D eigenvalue weighted by atomic mass is 32.2. The fraction of sp³-hybridized carbons (Fsp3) is 0.571. The minimum atomic E-state index is -0.205. The molecule has 2 N–H and O–H groups in total. The van der Waals surface area contributed by atoms with Crippen molar-refractivity contribution in [2.75, 3.05) is 17.6 Å². The van der Waals surface area contributed by atoms with E-state index in [4.69, 9.17) is 0 Å². The van der Waals surface area contributed by atoms with Crippen LogP contribution in [0.15, 0.2) is 10.4 Å². The van der Waals surface area contributed by atoms with E-state index in [0.29, 0.717) is 12.4 Å². The molecular formula is C14H22N6OS2. The van der Waals surface area contributed by atoms with Crippen LogP contribution in [-0.4, -0.2) is 38.3 Å². The number of anilines is 1. The lowest BCUT2D eigenvalue weighted by Crippen LogP contribution is -2.30. The molecular weight excluding hydrogens is 332 g/mol. The molecule has 23 heavy (non-hydrogen) atoms. The SMILES string of the molecule is Cc1cc(NC(=O)NCCCSc2nnc(C)s2)n(C(C)C)n1. The predicted molar refractivity (Wildman–Crippen MR) is 94.4 cm³/mol. The molecule has 2 aromatic heterocycles. The zero-order valence-electron chi connectivity index (χ0n) is 13.8. The van der Waals surface area contributed by atoms with Crippen molar-refractivity contribution in [3.05, 3.63) is 16.8 Å². The quantitative estimate of drug-likeness (QED) is 0.589. The Hall–Kier alpha value is -1.61. The highest BCUT2D eigenvalue weighted by Crippen LogP contribution is 2.22. The first kappa shape index (κ1) is 17.7. The Kier molecular flexibility index (Phi) is 6.40. The summed E-state index contributed by atoms with van der Waals surface area (Å²) in [5.74, 6) is 1.62. The summed E-state index contributed by atoms with van der Waals surface area (Å²) in [7, 11) is 0. The molecule has 0 bridgehead atoms. The summed E-state index contributed by atoms with van der Waals surface area (Å²) in [5.41, 5.74) is 0.887. The summed E-state index contributed by atoms with van der Waals surface area (Å²) in [4.78, 5) is 11.9. The molecule has 0 atom stereocenters. The molecule has 2 amide bonds. The normalized spacial score (nSPS) is 11.0. The van der Waals surface area contributed by atoms with E-state index in [1.165, 1.54) is 0 Å². The van der Waals surface area contributed by atoms with Crippen molar-refractivity contribution >= 4 is 34.9 Å². The summed E-state index contributed by atoms with van der Waals surface area (Å²) in [5, 5.41) is 19.1. The summed E-state index contributed by atoms with van der Waals surface area (Å²) >= 11 is 3.26. The first-order chi connectivity index (χ1) is 11.0. The fourth-order valence-electron chi connectivity index (χ4n) is 1.93. The number of thioether (sulfide) groups is 1. The van der Waals surface area contributed by atoms with Crippen molar-refractivity contribution in [2.45, 2.75) is 44.5 Å². The summed E-state index contributed by atoms with van der Waals surface area (Å²) < 4.78 is 2.78. The van der Waals surface area contributed by atoms with Crippen LogP contribution in [0.1, 0.15) is 37.0 Å². The van der Waals surface area contributed by atoms with Crippen LogP contribution in [0.5, 0.6) is 0 Å². The summed E-state index contributed by atoms with van der Waals surface area (Å²) in [6.45, 7) is 8.53. The number of aryl methyl sites for hydroxylation is 2. The molecule has 0 aromatic carbocycles. The Morgan fingerprint density at radius 2 is 2.17 bits per heavy atom. The Balaban J connectivity index is 1.69. The number of amides is 2. The number of carbonyl (C=O) groups excluding carboxylic acids is 1. The molecule has 0 spiro atoms.